The molecular weight excluding hydrogens is 266 g/mol. The van der Waals surface area contributed by atoms with Crippen LogP contribution in [0, 0.1) is 0 Å². The minimum absolute atomic E-state index is 0.200. The van der Waals surface area contributed by atoms with Gasteiger partial charge in [-0.3, -0.25) is 9.52 Å². The number of carbonyl (C=O) groups is 1. The summed E-state index contributed by atoms with van der Waals surface area (Å²) in [5, 5.41) is -0.408. The maximum Gasteiger partial charge on any atom is 0.244 e. The first kappa shape index (κ1) is 12.5. The predicted molar refractivity (Wildman–Crippen MR) is 69.4 cm³/mol. The van der Waals surface area contributed by atoms with E-state index >= 15 is 0 Å². The zero-order valence-electron chi connectivity index (χ0n) is 10.3. The van der Waals surface area contributed by atoms with Gasteiger partial charge in [-0.25, -0.2) is 8.42 Å². The second kappa shape index (κ2) is 4.52. The van der Waals surface area contributed by atoms with E-state index in [0.29, 0.717) is 18.6 Å². The van der Waals surface area contributed by atoms with Crippen LogP contribution in [0.2, 0.25) is 0 Å². The number of fused-ring (bicyclic) bond motifs is 1. The van der Waals surface area contributed by atoms with Crippen LogP contribution < -0.4 is 9.46 Å². The molecule has 1 amide bonds. The van der Waals surface area contributed by atoms with Gasteiger partial charge >= 0.3 is 0 Å². The molecule has 1 unspecified atom stereocenters. The molecule has 2 aliphatic rings. The molecule has 1 N–H and O–H groups in total. The van der Waals surface area contributed by atoms with Gasteiger partial charge in [-0.05, 0) is 18.9 Å². The second-order valence-corrected chi connectivity index (χ2v) is 6.93. The maximum atomic E-state index is 12.1. The van der Waals surface area contributed by atoms with Gasteiger partial charge in [0.05, 0.1) is 5.25 Å². The van der Waals surface area contributed by atoms with Gasteiger partial charge in [0.1, 0.15) is 18.3 Å². The molecule has 1 saturated carbocycles. The van der Waals surface area contributed by atoms with Crippen LogP contribution in [-0.2, 0) is 14.8 Å². The molecule has 0 spiro atoms. The van der Waals surface area contributed by atoms with Crippen molar-refractivity contribution in [3.63, 3.8) is 0 Å². The molecule has 1 aliphatic heterocycles. The van der Waals surface area contributed by atoms with Crippen LogP contribution >= 0.6 is 0 Å². The summed E-state index contributed by atoms with van der Waals surface area (Å²) < 4.78 is 31.4. The third kappa shape index (κ3) is 2.20. The van der Waals surface area contributed by atoms with E-state index in [-0.39, 0.29) is 6.61 Å². The normalized spacial score (nSPS) is 22.2. The van der Waals surface area contributed by atoms with Gasteiger partial charge in [-0.1, -0.05) is 24.6 Å². The molecule has 19 heavy (non-hydrogen) atoms. The van der Waals surface area contributed by atoms with Crippen LogP contribution in [0.15, 0.2) is 24.3 Å². The Labute approximate surface area is 112 Å². The van der Waals surface area contributed by atoms with Crippen molar-refractivity contribution in [2.24, 2.45) is 0 Å². The zero-order chi connectivity index (χ0) is 13.5. The van der Waals surface area contributed by atoms with Crippen LogP contribution in [0.25, 0.3) is 0 Å². The molecule has 1 fully saturated rings. The van der Waals surface area contributed by atoms with Gasteiger partial charge in [0.25, 0.3) is 0 Å². The third-order valence-electron chi connectivity index (χ3n) is 3.75. The Morgan fingerprint density at radius 1 is 1.26 bits per heavy atom. The standard InChI is InChI=1S/C13H15NO4S/c15-13(14-19(16,17)9-4-3-5-9)11-8-18-12-7-2-1-6-10(11)12/h1-2,6-7,9,11H,3-5,8H2,(H,14,15). The summed E-state index contributed by atoms with van der Waals surface area (Å²) in [7, 11) is -3.52. The molecule has 1 heterocycles. The summed E-state index contributed by atoms with van der Waals surface area (Å²) in [5.74, 6) is -0.369. The minimum atomic E-state index is -3.52. The first-order chi connectivity index (χ1) is 9.08. The quantitative estimate of drug-likeness (QED) is 0.902. The fourth-order valence-electron chi connectivity index (χ4n) is 2.36. The van der Waals surface area contributed by atoms with E-state index in [9.17, 15) is 13.2 Å². The molecule has 6 heteroatoms. The molecule has 0 bridgehead atoms. The highest BCUT2D eigenvalue weighted by Crippen LogP contribution is 2.34. The Bertz CT molecular complexity index is 607. The lowest BCUT2D eigenvalue weighted by Crippen LogP contribution is -2.43. The smallest absolute Gasteiger partial charge is 0.244 e. The summed E-state index contributed by atoms with van der Waals surface area (Å²) in [6.45, 7) is 0.200. The third-order valence-corrected chi connectivity index (χ3v) is 5.59. The molecule has 0 aromatic heterocycles. The number of rotatable bonds is 3. The lowest BCUT2D eigenvalue weighted by molar-refractivity contribution is -0.121. The van der Waals surface area contributed by atoms with Crippen molar-refractivity contribution in [2.75, 3.05) is 6.61 Å². The highest BCUT2D eigenvalue weighted by Gasteiger charge is 2.36. The number of hydrogen-bond acceptors (Lipinski definition) is 4. The Morgan fingerprint density at radius 3 is 2.68 bits per heavy atom. The van der Waals surface area contributed by atoms with Gasteiger partial charge in [0.2, 0.25) is 15.9 Å². The van der Waals surface area contributed by atoms with Crippen molar-refractivity contribution in [1.29, 1.82) is 0 Å². The van der Waals surface area contributed by atoms with E-state index in [1.54, 1.807) is 12.1 Å². The van der Waals surface area contributed by atoms with Crippen molar-refractivity contribution >= 4 is 15.9 Å². The molecule has 1 aromatic carbocycles. The van der Waals surface area contributed by atoms with Gasteiger partial charge in [-0.2, -0.15) is 0 Å². The fourth-order valence-corrected chi connectivity index (χ4v) is 3.90. The zero-order valence-corrected chi connectivity index (χ0v) is 11.2. The molecule has 1 aliphatic carbocycles. The first-order valence-electron chi connectivity index (χ1n) is 6.35. The van der Waals surface area contributed by atoms with E-state index in [4.69, 9.17) is 4.74 Å². The van der Waals surface area contributed by atoms with Crippen molar-refractivity contribution in [3.05, 3.63) is 29.8 Å². The number of nitrogens with one attached hydrogen (secondary N) is 1. The van der Waals surface area contributed by atoms with Gasteiger partial charge < -0.3 is 4.74 Å². The second-order valence-electron chi connectivity index (χ2n) is 4.97. The number of ether oxygens (including phenoxy) is 1. The molecular formula is C13H15NO4S. The Hall–Kier alpha value is -1.56. The van der Waals surface area contributed by atoms with Crippen molar-refractivity contribution in [1.82, 2.24) is 4.72 Å². The number of para-hydroxylation sites is 1. The van der Waals surface area contributed by atoms with Crippen LogP contribution in [0.4, 0.5) is 0 Å². The average Bonchev–Trinajstić information content (AvgIpc) is 2.68. The summed E-state index contributed by atoms with van der Waals surface area (Å²) in [6.07, 6.45) is 2.19. The highest BCUT2D eigenvalue weighted by molar-refractivity contribution is 7.90. The number of amides is 1. The Kier molecular flexibility index (Phi) is 2.97. The average molecular weight is 281 g/mol. The molecule has 5 nitrogen and oxygen atoms in total. The van der Waals surface area contributed by atoms with Gasteiger partial charge in [-0.15, -0.1) is 0 Å². The van der Waals surface area contributed by atoms with E-state index in [1.807, 2.05) is 12.1 Å². The largest absolute Gasteiger partial charge is 0.492 e. The summed E-state index contributed by atoms with van der Waals surface area (Å²) in [4.78, 5) is 12.1. The Morgan fingerprint density at radius 2 is 2.00 bits per heavy atom. The monoisotopic (exact) mass is 281 g/mol. The van der Waals surface area contributed by atoms with E-state index in [2.05, 4.69) is 4.72 Å². The number of sulfonamides is 1. The van der Waals surface area contributed by atoms with Gasteiger partial charge in [0, 0.05) is 5.56 Å². The van der Waals surface area contributed by atoms with Crippen molar-refractivity contribution in [3.8, 4) is 5.75 Å². The maximum absolute atomic E-state index is 12.1. The van der Waals surface area contributed by atoms with Gasteiger partial charge in [0.15, 0.2) is 0 Å². The number of benzene rings is 1. The van der Waals surface area contributed by atoms with E-state index in [1.165, 1.54) is 0 Å². The lowest BCUT2D eigenvalue weighted by atomic mass is 10.00. The summed E-state index contributed by atoms with van der Waals surface area (Å²) in [6, 6.07) is 7.21. The van der Waals surface area contributed by atoms with E-state index in [0.717, 1.165) is 12.0 Å². The molecule has 3 rings (SSSR count). The molecule has 0 radical (unpaired) electrons. The fraction of sp³-hybridized carbons (Fsp3) is 0.462. The molecule has 1 aromatic rings. The molecule has 102 valence electrons. The predicted octanol–water partition coefficient (Wildman–Crippen LogP) is 1.16. The Balaban J connectivity index is 1.75. The molecule has 1 atom stereocenters. The SMILES string of the molecule is O=C(NS(=O)(=O)C1CCC1)C1COc2ccccc21. The highest BCUT2D eigenvalue weighted by atomic mass is 32.2. The summed E-state index contributed by atoms with van der Waals surface area (Å²) >= 11 is 0. The van der Waals surface area contributed by atoms with Crippen molar-refractivity contribution in [2.45, 2.75) is 30.4 Å². The van der Waals surface area contributed by atoms with Crippen molar-refractivity contribution < 1.29 is 17.9 Å². The first-order valence-corrected chi connectivity index (χ1v) is 7.90. The van der Waals surface area contributed by atoms with E-state index < -0.39 is 27.1 Å². The van der Waals surface area contributed by atoms with Crippen LogP contribution in [0.5, 0.6) is 5.75 Å². The topological polar surface area (TPSA) is 72.5 Å². The summed E-state index contributed by atoms with van der Waals surface area (Å²) in [5.41, 5.74) is 0.754. The van der Waals surface area contributed by atoms with Crippen LogP contribution in [0.3, 0.4) is 0 Å². The van der Waals surface area contributed by atoms with Crippen LogP contribution in [-0.4, -0.2) is 26.2 Å². The van der Waals surface area contributed by atoms with Crippen LogP contribution in [0.1, 0.15) is 30.7 Å². The lowest BCUT2D eigenvalue weighted by Gasteiger charge is -2.25. The number of carbonyl (C=O) groups excluding carboxylic acids is 1. The molecule has 0 saturated heterocycles. The number of hydrogen-bond donors (Lipinski definition) is 1. The minimum Gasteiger partial charge on any atom is -0.492 e.